The molecule has 1 aliphatic heterocycles. The van der Waals surface area contributed by atoms with Gasteiger partial charge in [0.15, 0.2) is 0 Å². The van der Waals surface area contributed by atoms with E-state index in [4.69, 9.17) is 4.74 Å². The predicted molar refractivity (Wildman–Crippen MR) is 74.0 cm³/mol. The molecule has 18 heavy (non-hydrogen) atoms. The molecule has 0 aromatic heterocycles. The van der Waals surface area contributed by atoms with Gasteiger partial charge in [-0.15, -0.1) is 0 Å². The molecule has 4 heteroatoms. The molecule has 0 bridgehead atoms. The molecule has 0 saturated carbocycles. The molecule has 100 valence electrons. The van der Waals surface area contributed by atoms with Gasteiger partial charge in [0.25, 0.3) is 0 Å². The van der Waals surface area contributed by atoms with E-state index in [1.54, 1.807) is 0 Å². The molecule has 1 saturated heterocycles. The van der Waals surface area contributed by atoms with Crippen LogP contribution in [0.15, 0.2) is 22.7 Å². The number of hydrogen-bond donors (Lipinski definition) is 0. The molecule has 1 fully saturated rings. The van der Waals surface area contributed by atoms with Crippen molar-refractivity contribution < 1.29 is 9.13 Å². The van der Waals surface area contributed by atoms with Gasteiger partial charge in [0.1, 0.15) is 5.82 Å². The van der Waals surface area contributed by atoms with Crippen LogP contribution in [0.5, 0.6) is 0 Å². The van der Waals surface area contributed by atoms with Gasteiger partial charge in [-0.25, -0.2) is 4.39 Å². The molecule has 1 heterocycles. The van der Waals surface area contributed by atoms with Gasteiger partial charge in [0.05, 0.1) is 12.7 Å². The van der Waals surface area contributed by atoms with Gasteiger partial charge >= 0.3 is 0 Å². The molecule has 2 unspecified atom stereocenters. The summed E-state index contributed by atoms with van der Waals surface area (Å²) in [5.74, 6) is -0.140. The molecule has 2 rings (SSSR count). The van der Waals surface area contributed by atoms with Crippen molar-refractivity contribution >= 4 is 15.9 Å². The largest absolute Gasteiger partial charge is 0.376 e. The maximum Gasteiger partial charge on any atom is 0.128 e. The molecule has 1 aromatic rings. The Balaban J connectivity index is 2.10. The fourth-order valence-electron chi connectivity index (χ4n) is 2.35. The zero-order valence-electron chi connectivity index (χ0n) is 10.8. The Kier molecular flexibility index (Phi) is 4.76. The number of benzene rings is 1. The first-order chi connectivity index (χ1) is 8.60. The van der Waals surface area contributed by atoms with Crippen LogP contribution in [0.25, 0.3) is 0 Å². The highest BCUT2D eigenvalue weighted by Gasteiger charge is 2.26. The highest BCUT2D eigenvalue weighted by molar-refractivity contribution is 9.10. The van der Waals surface area contributed by atoms with Crippen LogP contribution in [0.1, 0.15) is 25.8 Å². The van der Waals surface area contributed by atoms with Crippen LogP contribution in [-0.4, -0.2) is 30.2 Å². The molecule has 2 nitrogen and oxygen atoms in total. The Morgan fingerprint density at radius 3 is 2.94 bits per heavy atom. The summed E-state index contributed by atoms with van der Waals surface area (Å²) in [6, 6.07) is 5.67. The molecule has 0 aliphatic carbocycles. The van der Waals surface area contributed by atoms with Crippen LogP contribution in [0, 0.1) is 5.82 Å². The lowest BCUT2D eigenvalue weighted by atomic mass is 10.1. The van der Waals surface area contributed by atoms with Crippen molar-refractivity contribution in [2.75, 3.05) is 13.2 Å². The van der Waals surface area contributed by atoms with Gasteiger partial charge in [-0.3, -0.25) is 4.90 Å². The molecule has 0 amide bonds. The Bertz CT molecular complexity index is 413. The van der Waals surface area contributed by atoms with Crippen molar-refractivity contribution in [3.8, 4) is 0 Å². The average Bonchev–Trinajstić information content (AvgIpc) is 2.33. The van der Waals surface area contributed by atoms with Crippen molar-refractivity contribution in [2.24, 2.45) is 0 Å². The van der Waals surface area contributed by atoms with Gasteiger partial charge in [0, 0.05) is 29.2 Å². The van der Waals surface area contributed by atoms with E-state index in [1.807, 2.05) is 12.1 Å². The molecule has 0 N–H and O–H groups in total. The van der Waals surface area contributed by atoms with E-state index in [0.717, 1.165) is 29.6 Å². The van der Waals surface area contributed by atoms with E-state index in [-0.39, 0.29) is 11.9 Å². The summed E-state index contributed by atoms with van der Waals surface area (Å²) in [5, 5.41) is 0. The lowest BCUT2D eigenvalue weighted by Gasteiger charge is -2.38. The predicted octanol–water partition coefficient (Wildman–Crippen LogP) is 3.59. The molecule has 0 spiro atoms. The normalized spacial score (nSPS) is 25.3. The van der Waals surface area contributed by atoms with Crippen LogP contribution >= 0.6 is 15.9 Å². The standard InChI is InChI=1S/C14H19BrFNO/c1-3-13-9-18-10(2)7-17(13)8-11-4-5-12(15)6-14(11)16/h4-6,10,13H,3,7-9H2,1-2H3. The smallest absolute Gasteiger partial charge is 0.128 e. The SMILES string of the molecule is CCC1COC(C)CN1Cc1ccc(Br)cc1F. The van der Waals surface area contributed by atoms with Gasteiger partial charge < -0.3 is 4.74 Å². The van der Waals surface area contributed by atoms with Crippen molar-refractivity contribution in [3.05, 3.63) is 34.1 Å². The Morgan fingerprint density at radius 1 is 1.50 bits per heavy atom. The number of nitrogens with zero attached hydrogens (tertiary/aromatic N) is 1. The Hall–Kier alpha value is -0.450. The molecule has 2 atom stereocenters. The van der Waals surface area contributed by atoms with Crippen molar-refractivity contribution in [1.82, 2.24) is 4.90 Å². The second-order valence-electron chi connectivity index (χ2n) is 4.87. The topological polar surface area (TPSA) is 12.5 Å². The monoisotopic (exact) mass is 315 g/mol. The molecule has 0 radical (unpaired) electrons. The number of halogens is 2. The lowest BCUT2D eigenvalue weighted by Crippen LogP contribution is -2.47. The third-order valence-corrected chi connectivity index (χ3v) is 3.93. The molecular weight excluding hydrogens is 297 g/mol. The van der Waals surface area contributed by atoms with Crippen molar-refractivity contribution in [1.29, 1.82) is 0 Å². The Morgan fingerprint density at radius 2 is 2.28 bits per heavy atom. The fraction of sp³-hybridized carbons (Fsp3) is 0.571. The van der Waals surface area contributed by atoms with Crippen LogP contribution in [-0.2, 0) is 11.3 Å². The van der Waals surface area contributed by atoms with Gasteiger partial charge in [0.2, 0.25) is 0 Å². The lowest BCUT2D eigenvalue weighted by molar-refractivity contribution is -0.0595. The highest BCUT2D eigenvalue weighted by Crippen LogP contribution is 2.21. The summed E-state index contributed by atoms with van der Waals surface area (Å²) in [5.41, 5.74) is 0.755. The first-order valence-electron chi connectivity index (χ1n) is 6.39. The number of morpholine rings is 1. The highest BCUT2D eigenvalue weighted by atomic mass is 79.9. The Labute approximate surface area is 116 Å². The third-order valence-electron chi connectivity index (χ3n) is 3.44. The number of hydrogen-bond acceptors (Lipinski definition) is 2. The summed E-state index contributed by atoms with van der Waals surface area (Å²) < 4.78 is 20.3. The summed E-state index contributed by atoms with van der Waals surface area (Å²) >= 11 is 3.28. The van der Waals surface area contributed by atoms with E-state index in [2.05, 4.69) is 34.7 Å². The van der Waals surface area contributed by atoms with Crippen molar-refractivity contribution in [3.63, 3.8) is 0 Å². The zero-order chi connectivity index (χ0) is 13.1. The molecular formula is C14H19BrFNO. The summed E-state index contributed by atoms with van der Waals surface area (Å²) in [6.45, 7) is 6.49. The van der Waals surface area contributed by atoms with E-state index in [1.165, 1.54) is 6.07 Å². The van der Waals surface area contributed by atoms with Gasteiger partial charge in [-0.05, 0) is 25.5 Å². The van der Waals surface area contributed by atoms with Crippen molar-refractivity contribution in [2.45, 2.75) is 39.0 Å². The van der Waals surface area contributed by atoms with Gasteiger partial charge in [-0.2, -0.15) is 0 Å². The number of rotatable bonds is 3. The van der Waals surface area contributed by atoms with E-state index < -0.39 is 0 Å². The summed E-state index contributed by atoms with van der Waals surface area (Å²) in [4.78, 5) is 2.32. The van der Waals surface area contributed by atoms with Crippen LogP contribution < -0.4 is 0 Å². The van der Waals surface area contributed by atoms with E-state index in [9.17, 15) is 4.39 Å². The molecule has 1 aliphatic rings. The van der Waals surface area contributed by atoms with Crippen LogP contribution in [0.4, 0.5) is 4.39 Å². The maximum absolute atomic E-state index is 13.8. The summed E-state index contributed by atoms with van der Waals surface area (Å²) in [6.07, 6.45) is 1.26. The minimum absolute atomic E-state index is 0.140. The second-order valence-corrected chi connectivity index (χ2v) is 5.79. The summed E-state index contributed by atoms with van der Waals surface area (Å²) in [7, 11) is 0. The van der Waals surface area contributed by atoms with E-state index >= 15 is 0 Å². The fourth-order valence-corrected chi connectivity index (χ4v) is 2.68. The quantitative estimate of drug-likeness (QED) is 0.845. The third kappa shape index (κ3) is 3.31. The van der Waals surface area contributed by atoms with Crippen LogP contribution in [0.3, 0.4) is 0 Å². The minimum Gasteiger partial charge on any atom is -0.376 e. The first-order valence-corrected chi connectivity index (χ1v) is 7.19. The first kappa shape index (κ1) is 14.0. The second kappa shape index (κ2) is 6.13. The van der Waals surface area contributed by atoms with Crippen LogP contribution in [0.2, 0.25) is 0 Å². The molecule has 1 aromatic carbocycles. The maximum atomic E-state index is 13.8. The average molecular weight is 316 g/mol. The van der Waals surface area contributed by atoms with Gasteiger partial charge in [-0.1, -0.05) is 28.9 Å². The minimum atomic E-state index is -0.140. The van der Waals surface area contributed by atoms with E-state index in [0.29, 0.717) is 12.6 Å². The zero-order valence-corrected chi connectivity index (χ0v) is 12.4. The number of ether oxygens (including phenoxy) is 1.